The number of benzene rings is 1. The molecule has 11 heteroatoms. The van der Waals surface area contributed by atoms with Crippen LogP contribution in [0.15, 0.2) is 24.8 Å². The van der Waals surface area contributed by atoms with Gasteiger partial charge in [0.15, 0.2) is 17.3 Å². The van der Waals surface area contributed by atoms with E-state index in [1.54, 1.807) is 23.7 Å². The van der Waals surface area contributed by atoms with Crippen LogP contribution in [0.1, 0.15) is 12.5 Å². The van der Waals surface area contributed by atoms with Crippen molar-refractivity contribution in [2.75, 3.05) is 17.2 Å². The Balaban J connectivity index is 1.91. The van der Waals surface area contributed by atoms with E-state index in [0.717, 1.165) is 0 Å². The maximum absolute atomic E-state index is 15.2. The van der Waals surface area contributed by atoms with Crippen molar-refractivity contribution in [3.8, 4) is 11.3 Å². The third kappa shape index (κ3) is 3.24. The summed E-state index contributed by atoms with van der Waals surface area (Å²) in [6, 6.07) is 0. The number of hydrogen-bond donors (Lipinski definition) is 3. The molecule has 0 aliphatic carbocycles. The minimum atomic E-state index is -2.63. The number of imidazole rings is 1. The summed E-state index contributed by atoms with van der Waals surface area (Å²) in [6.07, 6.45) is 4.46. The molecule has 1 amide bonds. The number of H-pyrrole nitrogens is 1. The Morgan fingerprint density at radius 3 is 2.86 bits per heavy atom. The van der Waals surface area contributed by atoms with E-state index in [1.807, 2.05) is 0 Å². The molecule has 4 aromatic rings. The van der Waals surface area contributed by atoms with Crippen LogP contribution in [0.2, 0.25) is 0 Å². The predicted molar refractivity (Wildman–Crippen MR) is 102 cm³/mol. The largest absolute Gasteiger partial charge is 0.375 e. The van der Waals surface area contributed by atoms with Gasteiger partial charge in [-0.2, -0.15) is 5.10 Å². The van der Waals surface area contributed by atoms with Gasteiger partial charge in [-0.1, -0.05) is 6.92 Å². The van der Waals surface area contributed by atoms with Gasteiger partial charge in [0.1, 0.15) is 0 Å². The van der Waals surface area contributed by atoms with Crippen LogP contribution in [0, 0.1) is 5.82 Å². The Labute approximate surface area is 162 Å². The number of aromatic nitrogens is 5. The van der Waals surface area contributed by atoms with Gasteiger partial charge < -0.3 is 15.0 Å². The second-order valence-corrected chi connectivity index (χ2v) is 6.25. The van der Waals surface area contributed by atoms with Crippen LogP contribution in [0.4, 0.5) is 24.7 Å². The van der Waals surface area contributed by atoms with Crippen molar-refractivity contribution in [2.45, 2.75) is 19.8 Å². The summed E-state index contributed by atoms with van der Waals surface area (Å²) < 4.78 is 42.2. The molecule has 0 saturated carbocycles. The molecule has 8 nitrogen and oxygen atoms in total. The lowest BCUT2D eigenvalue weighted by Gasteiger charge is -2.16. The zero-order valence-electron chi connectivity index (χ0n) is 15.2. The van der Waals surface area contributed by atoms with Gasteiger partial charge >= 0.3 is 0 Å². The van der Waals surface area contributed by atoms with E-state index in [0.29, 0.717) is 46.5 Å². The molecule has 0 bridgehead atoms. The first-order valence-corrected chi connectivity index (χ1v) is 8.78. The van der Waals surface area contributed by atoms with Gasteiger partial charge in [0.2, 0.25) is 6.41 Å². The summed E-state index contributed by atoms with van der Waals surface area (Å²) in [5.41, 5.74) is 2.03. The highest BCUT2D eigenvalue weighted by Crippen LogP contribution is 2.38. The quantitative estimate of drug-likeness (QED) is 0.412. The summed E-state index contributed by atoms with van der Waals surface area (Å²) in [5, 5.41) is 12.1. The van der Waals surface area contributed by atoms with Crippen LogP contribution < -0.4 is 10.6 Å². The number of carbonyl (C=O) groups is 1. The van der Waals surface area contributed by atoms with Gasteiger partial charge in [-0.3, -0.25) is 14.9 Å². The van der Waals surface area contributed by atoms with E-state index in [9.17, 15) is 13.6 Å². The van der Waals surface area contributed by atoms with Gasteiger partial charge in [0, 0.05) is 17.1 Å². The number of rotatable bonds is 7. The maximum Gasteiger partial charge on any atom is 0.255 e. The van der Waals surface area contributed by atoms with E-state index in [4.69, 9.17) is 0 Å². The van der Waals surface area contributed by atoms with Crippen molar-refractivity contribution in [3.05, 3.63) is 36.2 Å². The molecule has 0 aliphatic rings. The average molecular weight is 403 g/mol. The molecule has 0 unspecified atom stereocenters. The summed E-state index contributed by atoms with van der Waals surface area (Å²) in [4.78, 5) is 19.2. The molecule has 29 heavy (non-hydrogen) atoms. The Kier molecular flexibility index (Phi) is 4.79. The Morgan fingerprint density at radius 2 is 2.14 bits per heavy atom. The molecule has 0 radical (unpaired) electrons. The molecule has 3 N–H and O–H groups in total. The molecule has 3 heterocycles. The van der Waals surface area contributed by atoms with Gasteiger partial charge in [-0.05, 0) is 12.0 Å². The van der Waals surface area contributed by atoms with Gasteiger partial charge in [-0.15, -0.1) is 0 Å². The van der Waals surface area contributed by atoms with Crippen molar-refractivity contribution in [3.63, 3.8) is 0 Å². The number of halogens is 3. The normalized spacial score (nSPS) is 11.5. The molecular formula is C18H16F3N7O. The van der Waals surface area contributed by atoms with Crippen LogP contribution in [0.25, 0.3) is 27.8 Å². The summed E-state index contributed by atoms with van der Waals surface area (Å²) >= 11 is 0. The molecule has 0 aliphatic heterocycles. The SMILES string of the molecule is CCc1c(F)c(NCC(F)F)c2[nH]ncc2c1-c1cn2cc(NC=O)nc2cn1. The monoisotopic (exact) mass is 403 g/mol. The minimum absolute atomic E-state index is 0.0421. The second-order valence-electron chi connectivity index (χ2n) is 6.25. The van der Waals surface area contributed by atoms with Crippen LogP contribution in [0.3, 0.4) is 0 Å². The first-order chi connectivity index (χ1) is 14.0. The number of nitrogens with one attached hydrogen (secondary N) is 3. The predicted octanol–water partition coefficient (Wildman–Crippen LogP) is 3.22. The fraction of sp³-hybridized carbons (Fsp3) is 0.222. The zero-order chi connectivity index (χ0) is 20.5. The van der Waals surface area contributed by atoms with Crippen molar-refractivity contribution in [1.29, 1.82) is 0 Å². The lowest BCUT2D eigenvalue weighted by Crippen LogP contribution is -2.13. The number of carbonyl (C=O) groups excluding carboxylic acids is 1. The van der Waals surface area contributed by atoms with Crippen molar-refractivity contribution in [1.82, 2.24) is 24.6 Å². The van der Waals surface area contributed by atoms with Crippen molar-refractivity contribution >= 4 is 34.5 Å². The Morgan fingerprint density at radius 1 is 1.31 bits per heavy atom. The number of amides is 1. The topological polar surface area (TPSA) is 100 Å². The smallest absolute Gasteiger partial charge is 0.255 e. The first kappa shape index (κ1) is 18.7. The molecule has 1 aromatic carbocycles. The molecular weight excluding hydrogens is 387 g/mol. The number of aromatic amines is 1. The van der Waals surface area contributed by atoms with E-state index in [-0.39, 0.29) is 11.2 Å². The van der Waals surface area contributed by atoms with E-state index < -0.39 is 18.8 Å². The van der Waals surface area contributed by atoms with Crippen LogP contribution >= 0.6 is 0 Å². The number of anilines is 2. The standard InChI is InChI=1S/C18H16F3N7O/c1-2-9-15(11-6-28-7-13(24-8-29)26-14(28)5-22-11)10-3-25-27-17(10)18(16(9)21)23-4-12(19)20/h3,5-8,12,23H,2,4H2,1H3,(H,24,29)(H,25,27). The average Bonchev–Trinajstić information content (AvgIpc) is 3.32. The molecule has 0 saturated heterocycles. The first-order valence-electron chi connectivity index (χ1n) is 8.78. The van der Waals surface area contributed by atoms with E-state index >= 15 is 4.39 Å². The van der Waals surface area contributed by atoms with E-state index in [1.165, 1.54) is 12.4 Å². The highest BCUT2D eigenvalue weighted by molar-refractivity contribution is 6.02. The lowest BCUT2D eigenvalue weighted by atomic mass is 9.96. The van der Waals surface area contributed by atoms with Crippen LogP contribution in [0.5, 0.6) is 0 Å². The number of nitrogens with zero attached hydrogens (tertiary/aromatic N) is 4. The molecule has 0 fully saturated rings. The number of fused-ring (bicyclic) bond motifs is 2. The third-order valence-corrected chi connectivity index (χ3v) is 4.54. The van der Waals surface area contributed by atoms with Gasteiger partial charge in [0.05, 0.1) is 42.0 Å². The summed E-state index contributed by atoms with van der Waals surface area (Å²) in [6.45, 7) is 1.09. The Hall–Kier alpha value is -3.63. The number of hydrogen-bond acceptors (Lipinski definition) is 5. The van der Waals surface area contributed by atoms with E-state index in [2.05, 4.69) is 30.8 Å². The Bertz CT molecular complexity index is 1200. The molecule has 4 rings (SSSR count). The minimum Gasteiger partial charge on any atom is -0.375 e. The zero-order valence-corrected chi connectivity index (χ0v) is 15.2. The molecule has 150 valence electrons. The summed E-state index contributed by atoms with van der Waals surface area (Å²) in [7, 11) is 0. The highest BCUT2D eigenvalue weighted by atomic mass is 19.3. The fourth-order valence-corrected chi connectivity index (χ4v) is 3.33. The van der Waals surface area contributed by atoms with Crippen molar-refractivity contribution in [2.24, 2.45) is 0 Å². The van der Waals surface area contributed by atoms with Crippen LogP contribution in [-0.2, 0) is 11.2 Å². The summed E-state index contributed by atoms with van der Waals surface area (Å²) in [5.74, 6) is -0.281. The highest BCUT2D eigenvalue weighted by Gasteiger charge is 2.23. The molecule has 0 spiro atoms. The van der Waals surface area contributed by atoms with Gasteiger partial charge in [0.25, 0.3) is 6.43 Å². The van der Waals surface area contributed by atoms with Gasteiger partial charge in [-0.25, -0.2) is 18.2 Å². The lowest BCUT2D eigenvalue weighted by molar-refractivity contribution is -0.105. The maximum atomic E-state index is 15.2. The fourth-order valence-electron chi connectivity index (χ4n) is 3.33. The number of alkyl halides is 2. The molecule has 0 atom stereocenters. The van der Waals surface area contributed by atoms with Crippen molar-refractivity contribution < 1.29 is 18.0 Å². The molecule has 3 aromatic heterocycles. The third-order valence-electron chi connectivity index (χ3n) is 4.54. The van der Waals surface area contributed by atoms with Crippen LogP contribution in [-0.4, -0.2) is 43.9 Å². The second kappa shape index (κ2) is 7.41.